The Labute approximate surface area is 182 Å². The fraction of sp³-hybridized carbons (Fsp3) is 0.273. The summed E-state index contributed by atoms with van der Waals surface area (Å²) in [4.78, 5) is 12.5. The second-order valence-corrected chi connectivity index (χ2v) is 8.49. The van der Waals surface area contributed by atoms with Gasteiger partial charge in [0.15, 0.2) is 11.0 Å². The third kappa shape index (κ3) is 4.59. The molecule has 6 nitrogen and oxygen atoms in total. The largest absolute Gasteiger partial charge is 0.337 e. The summed E-state index contributed by atoms with van der Waals surface area (Å²) in [6.45, 7) is 1.74. The van der Waals surface area contributed by atoms with Gasteiger partial charge < -0.3 is 5.32 Å². The predicted octanol–water partition coefficient (Wildman–Crippen LogP) is 4.11. The van der Waals surface area contributed by atoms with Crippen LogP contribution in [-0.4, -0.2) is 32.0 Å². The zero-order chi connectivity index (χ0) is 22.0. The Morgan fingerprint density at radius 2 is 1.77 bits per heavy atom. The minimum Gasteiger partial charge on any atom is -0.337 e. The minimum atomic E-state index is -0.873. The van der Waals surface area contributed by atoms with E-state index in [1.807, 2.05) is 0 Å². The van der Waals surface area contributed by atoms with E-state index in [4.69, 9.17) is 0 Å². The van der Waals surface area contributed by atoms with E-state index in [0.29, 0.717) is 22.2 Å². The van der Waals surface area contributed by atoms with Crippen molar-refractivity contribution >= 4 is 17.7 Å². The van der Waals surface area contributed by atoms with Gasteiger partial charge in [-0.05, 0) is 74.2 Å². The minimum absolute atomic E-state index is 0.0345. The summed E-state index contributed by atoms with van der Waals surface area (Å²) in [6.07, 6.45) is 1.86. The average Bonchev–Trinajstić information content (AvgIpc) is 3.54. The number of rotatable bonds is 7. The maximum Gasteiger partial charge on any atom is 0.231 e. The summed E-state index contributed by atoms with van der Waals surface area (Å²) in [5, 5.41) is 21.1. The average molecular weight is 439 g/mol. The Bertz CT molecular complexity index is 1140. The number of amides is 1. The van der Waals surface area contributed by atoms with E-state index in [9.17, 15) is 18.8 Å². The van der Waals surface area contributed by atoms with E-state index >= 15 is 0 Å². The highest BCUT2D eigenvalue weighted by molar-refractivity contribution is 7.99. The third-order valence-electron chi connectivity index (χ3n) is 5.18. The Morgan fingerprint density at radius 1 is 1.16 bits per heavy atom. The number of thioether (sulfide) groups is 1. The molecule has 0 spiro atoms. The van der Waals surface area contributed by atoms with Crippen LogP contribution in [0.15, 0.2) is 53.7 Å². The van der Waals surface area contributed by atoms with Crippen LogP contribution in [0.3, 0.4) is 0 Å². The Kier molecular flexibility index (Phi) is 5.74. The highest BCUT2D eigenvalue weighted by Crippen LogP contribution is 2.39. The van der Waals surface area contributed by atoms with Gasteiger partial charge in [0.2, 0.25) is 5.91 Å². The summed E-state index contributed by atoms with van der Waals surface area (Å²) in [5.74, 6) is -0.386. The number of nitriles is 1. The topological polar surface area (TPSA) is 83.6 Å². The first-order valence-corrected chi connectivity index (χ1v) is 10.7. The molecule has 9 heteroatoms. The van der Waals surface area contributed by atoms with Crippen LogP contribution in [-0.2, 0) is 4.79 Å². The molecule has 1 aliphatic carbocycles. The molecule has 1 aliphatic rings. The molecule has 3 aromatic rings. The zero-order valence-corrected chi connectivity index (χ0v) is 17.5. The molecule has 158 valence electrons. The maximum absolute atomic E-state index is 13.4. The van der Waals surface area contributed by atoms with Crippen molar-refractivity contribution in [2.75, 3.05) is 5.75 Å². The summed E-state index contributed by atoms with van der Waals surface area (Å²) in [7, 11) is 0. The molecule has 1 aromatic heterocycles. The van der Waals surface area contributed by atoms with E-state index in [2.05, 4.69) is 21.6 Å². The van der Waals surface area contributed by atoms with E-state index in [-0.39, 0.29) is 29.2 Å². The van der Waals surface area contributed by atoms with Gasteiger partial charge in [0, 0.05) is 11.3 Å². The molecule has 4 rings (SSSR count). The van der Waals surface area contributed by atoms with Gasteiger partial charge in [0.05, 0.1) is 11.8 Å². The standard InChI is InChI=1S/C22H19F2N5OS/c1-22(13-25,15-4-5-15)26-19(30)12-31-21-28-27-20(14-2-6-16(23)7-3-14)29(21)18-10-8-17(24)9-11-18/h2-3,6-11,15H,4-5,12H2,1H3,(H,26,30). The fourth-order valence-electron chi connectivity index (χ4n) is 3.31. The van der Waals surface area contributed by atoms with Crippen LogP contribution in [0.25, 0.3) is 17.1 Å². The van der Waals surface area contributed by atoms with Crippen molar-refractivity contribution in [2.45, 2.75) is 30.5 Å². The van der Waals surface area contributed by atoms with Crippen molar-refractivity contribution in [1.29, 1.82) is 5.26 Å². The zero-order valence-electron chi connectivity index (χ0n) is 16.7. The van der Waals surface area contributed by atoms with Crippen LogP contribution >= 0.6 is 11.8 Å². The van der Waals surface area contributed by atoms with Gasteiger partial charge in [-0.25, -0.2) is 8.78 Å². The Balaban J connectivity index is 1.60. The lowest BCUT2D eigenvalue weighted by Gasteiger charge is -2.22. The number of hydrogen-bond acceptors (Lipinski definition) is 5. The highest BCUT2D eigenvalue weighted by Gasteiger charge is 2.43. The molecule has 1 atom stereocenters. The SMILES string of the molecule is CC(C#N)(NC(=O)CSc1nnc(-c2ccc(F)cc2)n1-c1ccc(F)cc1)C1CC1. The quantitative estimate of drug-likeness (QED) is 0.560. The van der Waals surface area contributed by atoms with Crippen LogP contribution in [0.4, 0.5) is 8.78 Å². The molecular weight excluding hydrogens is 420 g/mol. The molecule has 0 radical (unpaired) electrons. The first-order valence-electron chi connectivity index (χ1n) is 9.72. The van der Waals surface area contributed by atoms with Crippen LogP contribution in [0, 0.1) is 28.9 Å². The van der Waals surface area contributed by atoms with Crippen LogP contribution in [0.2, 0.25) is 0 Å². The van der Waals surface area contributed by atoms with Gasteiger partial charge >= 0.3 is 0 Å². The number of carbonyl (C=O) groups excluding carboxylic acids is 1. The monoisotopic (exact) mass is 439 g/mol. The molecule has 1 fully saturated rings. The van der Waals surface area contributed by atoms with Gasteiger partial charge in [-0.2, -0.15) is 5.26 Å². The van der Waals surface area contributed by atoms with Crippen molar-refractivity contribution in [2.24, 2.45) is 5.92 Å². The summed E-state index contributed by atoms with van der Waals surface area (Å²) in [6, 6.07) is 13.8. The maximum atomic E-state index is 13.4. The smallest absolute Gasteiger partial charge is 0.231 e. The third-order valence-corrected chi connectivity index (χ3v) is 6.11. The molecule has 2 aromatic carbocycles. The molecule has 1 amide bonds. The van der Waals surface area contributed by atoms with Crippen molar-refractivity contribution in [3.05, 3.63) is 60.2 Å². The molecule has 0 saturated heterocycles. The van der Waals surface area contributed by atoms with Gasteiger partial charge in [0.1, 0.15) is 17.2 Å². The number of nitrogens with zero attached hydrogens (tertiary/aromatic N) is 4. The lowest BCUT2D eigenvalue weighted by atomic mass is 9.98. The number of carbonyl (C=O) groups is 1. The van der Waals surface area contributed by atoms with Crippen molar-refractivity contribution in [3.8, 4) is 23.1 Å². The van der Waals surface area contributed by atoms with Crippen LogP contribution in [0.5, 0.6) is 0 Å². The predicted molar refractivity (Wildman–Crippen MR) is 112 cm³/mol. The number of nitrogens with one attached hydrogen (secondary N) is 1. The summed E-state index contributed by atoms with van der Waals surface area (Å²) < 4.78 is 28.5. The van der Waals surface area contributed by atoms with Crippen LogP contribution in [0.1, 0.15) is 19.8 Å². The molecule has 31 heavy (non-hydrogen) atoms. The number of aromatic nitrogens is 3. The van der Waals surface area contributed by atoms with E-state index in [1.54, 1.807) is 35.8 Å². The first-order chi connectivity index (χ1) is 14.9. The lowest BCUT2D eigenvalue weighted by molar-refractivity contribution is -0.119. The van der Waals surface area contributed by atoms with Gasteiger partial charge in [0.25, 0.3) is 0 Å². The number of hydrogen-bond donors (Lipinski definition) is 1. The lowest BCUT2D eigenvalue weighted by Crippen LogP contribution is -2.47. The second-order valence-electron chi connectivity index (χ2n) is 7.55. The van der Waals surface area contributed by atoms with Crippen molar-refractivity contribution < 1.29 is 13.6 Å². The molecule has 1 saturated carbocycles. The first kappa shape index (κ1) is 21.0. The number of benzene rings is 2. The molecule has 1 heterocycles. The van der Waals surface area contributed by atoms with E-state index < -0.39 is 5.54 Å². The summed E-state index contributed by atoms with van der Waals surface area (Å²) >= 11 is 1.16. The highest BCUT2D eigenvalue weighted by atomic mass is 32.2. The second kappa shape index (κ2) is 8.47. The number of halogens is 2. The van der Waals surface area contributed by atoms with Crippen LogP contribution < -0.4 is 5.32 Å². The van der Waals surface area contributed by atoms with E-state index in [1.165, 1.54) is 24.3 Å². The molecule has 1 N–H and O–H groups in total. The Morgan fingerprint density at radius 3 is 2.35 bits per heavy atom. The molecular formula is C22H19F2N5OS. The Hall–Kier alpha value is -3.25. The molecule has 1 unspecified atom stereocenters. The normalized spacial score (nSPS) is 15.2. The van der Waals surface area contributed by atoms with Gasteiger partial charge in [-0.15, -0.1) is 10.2 Å². The fourth-order valence-corrected chi connectivity index (χ4v) is 4.06. The van der Waals surface area contributed by atoms with E-state index in [0.717, 1.165) is 24.6 Å². The summed E-state index contributed by atoms with van der Waals surface area (Å²) in [5.41, 5.74) is 0.357. The van der Waals surface area contributed by atoms with Crippen molar-refractivity contribution in [1.82, 2.24) is 20.1 Å². The van der Waals surface area contributed by atoms with Crippen molar-refractivity contribution in [3.63, 3.8) is 0 Å². The van der Waals surface area contributed by atoms with Gasteiger partial charge in [-0.3, -0.25) is 9.36 Å². The molecule has 0 bridgehead atoms. The molecule has 0 aliphatic heterocycles. The van der Waals surface area contributed by atoms with Gasteiger partial charge in [-0.1, -0.05) is 11.8 Å².